The number of hydrogen-bond donors (Lipinski definition) is 2. The van der Waals surface area contributed by atoms with E-state index in [4.69, 9.17) is 23.2 Å². The summed E-state index contributed by atoms with van der Waals surface area (Å²) in [4.78, 5) is 11.5. The first-order valence-corrected chi connectivity index (χ1v) is 11.0. The normalized spacial score (nSPS) is 11.2. The van der Waals surface area contributed by atoms with Gasteiger partial charge in [0.05, 0.1) is 22.7 Å². The molecule has 6 nitrogen and oxygen atoms in total. The van der Waals surface area contributed by atoms with Crippen molar-refractivity contribution in [2.24, 2.45) is 0 Å². The summed E-state index contributed by atoms with van der Waals surface area (Å²) in [7, 11) is -2.39. The molecule has 0 aliphatic carbocycles. The van der Waals surface area contributed by atoms with Crippen molar-refractivity contribution in [3.05, 3.63) is 87.9 Å². The van der Waals surface area contributed by atoms with Crippen molar-refractivity contribution in [2.75, 3.05) is 16.7 Å². The number of rotatable bonds is 7. The number of aromatic carboxylic acids is 1. The quantitative estimate of drug-likeness (QED) is 0.505. The van der Waals surface area contributed by atoms with Crippen LogP contribution in [0.25, 0.3) is 0 Å². The standard InChI is InChI=1S/C21H18Cl2N2O4S/c1-24-15-6-3-8-17(12-15)30(28,29)25(13-18-19(22)9-4-10-20(18)23)16-7-2-5-14(11-16)21(26)27/h2-12,24H,13H2,1H3,(H,26,27). The Morgan fingerprint density at radius 2 is 1.63 bits per heavy atom. The highest BCUT2D eigenvalue weighted by atomic mass is 35.5. The van der Waals surface area contributed by atoms with Gasteiger partial charge in [-0.3, -0.25) is 4.31 Å². The molecule has 3 aromatic rings. The van der Waals surface area contributed by atoms with Crippen LogP contribution in [0.2, 0.25) is 10.0 Å². The van der Waals surface area contributed by atoms with Crippen LogP contribution in [0.1, 0.15) is 15.9 Å². The van der Waals surface area contributed by atoms with Crippen molar-refractivity contribution in [3.63, 3.8) is 0 Å². The van der Waals surface area contributed by atoms with Gasteiger partial charge in [0.15, 0.2) is 0 Å². The molecule has 0 amide bonds. The number of carboxylic acids is 1. The predicted octanol–water partition coefficient (Wildman–Crippen LogP) is 5.13. The third-order valence-electron chi connectivity index (χ3n) is 4.46. The van der Waals surface area contributed by atoms with Crippen LogP contribution in [0, 0.1) is 0 Å². The van der Waals surface area contributed by atoms with Gasteiger partial charge in [0.25, 0.3) is 10.0 Å². The second-order valence-electron chi connectivity index (χ2n) is 6.35. The van der Waals surface area contributed by atoms with Gasteiger partial charge in [0.1, 0.15) is 0 Å². The topological polar surface area (TPSA) is 86.7 Å². The van der Waals surface area contributed by atoms with E-state index >= 15 is 0 Å². The fourth-order valence-corrected chi connectivity index (χ4v) is 4.86. The minimum Gasteiger partial charge on any atom is -0.478 e. The number of nitrogens with one attached hydrogen (secondary N) is 1. The fraction of sp³-hybridized carbons (Fsp3) is 0.0952. The van der Waals surface area contributed by atoms with Crippen LogP contribution >= 0.6 is 23.2 Å². The number of nitrogens with zero attached hydrogens (tertiary/aromatic N) is 1. The van der Waals surface area contributed by atoms with Gasteiger partial charge < -0.3 is 10.4 Å². The highest BCUT2D eigenvalue weighted by Crippen LogP contribution is 2.32. The summed E-state index contributed by atoms with van der Waals surface area (Å²) in [5.41, 5.74) is 1.17. The van der Waals surface area contributed by atoms with Crippen molar-refractivity contribution in [1.82, 2.24) is 0 Å². The third kappa shape index (κ3) is 4.53. The molecule has 3 aromatic carbocycles. The van der Waals surface area contributed by atoms with E-state index in [1.165, 1.54) is 36.4 Å². The summed E-state index contributed by atoms with van der Waals surface area (Å²) >= 11 is 12.6. The zero-order valence-corrected chi connectivity index (χ0v) is 18.2. The van der Waals surface area contributed by atoms with Crippen LogP contribution in [0.15, 0.2) is 71.6 Å². The van der Waals surface area contributed by atoms with Crippen molar-refractivity contribution < 1.29 is 18.3 Å². The second-order valence-corrected chi connectivity index (χ2v) is 9.02. The van der Waals surface area contributed by atoms with Crippen molar-refractivity contribution in [1.29, 1.82) is 0 Å². The molecule has 0 unspecified atom stereocenters. The molecule has 30 heavy (non-hydrogen) atoms. The molecule has 0 spiro atoms. The van der Waals surface area contributed by atoms with Crippen molar-refractivity contribution >= 4 is 50.6 Å². The number of hydrogen-bond acceptors (Lipinski definition) is 4. The van der Waals surface area contributed by atoms with E-state index < -0.39 is 16.0 Å². The molecular weight excluding hydrogens is 447 g/mol. The Kier molecular flexibility index (Phi) is 6.55. The average molecular weight is 465 g/mol. The van der Waals surface area contributed by atoms with E-state index in [1.807, 2.05) is 0 Å². The lowest BCUT2D eigenvalue weighted by atomic mass is 10.2. The third-order valence-corrected chi connectivity index (χ3v) is 6.93. The summed E-state index contributed by atoms with van der Waals surface area (Å²) in [6.07, 6.45) is 0. The number of halogens is 2. The molecule has 0 fully saturated rings. The zero-order chi connectivity index (χ0) is 21.9. The summed E-state index contributed by atoms with van der Waals surface area (Å²) in [5, 5.41) is 12.9. The highest BCUT2D eigenvalue weighted by Gasteiger charge is 2.27. The molecule has 0 aromatic heterocycles. The highest BCUT2D eigenvalue weighted by molar-refractivity contribution is 7.92. The smallest absolute Gasteiger partial charge is 0.335 e. The molecule has 2 N–H and O–H groups in total. The lowest BCUT2D eigenvalue weighted by Gasteiger charge is -2.26. The zero-order valence-electron chi connectivity index (χ0n) is 15.8. The Bertz CT molecular complexity index is 1180. The van der Waals surface area contributed by atoms with E-state index in [9.17, 15) is 18.3 Å². The van der Waals surface area contributed by atoms with Gasteiger partial charge in [-0.15, -0.1) is 0 Å². The molecule has 0 radical (unpaired) electrons. The number of sulfonamides is 1. The van der Waals surface area contributed by atoms with E-state index in [0.717, 1.165) is 4.31 Å². The molecule has 0 saturated heterocycles. The summed E-state index contributed by atoms with van der Waals surface area (Å²) in [6.45, 7) is -0.173. The van der Waals surface area contributed by atoms with E-state index in [-0.39, 0.29) is 22.7 Å². The van der Waals surface area contributed by atoms with Gasteiger partial charge in [-0.2, -0.15) is 0 Å². The van der Waals surface area contributed by atoms with E-state index in [2.05, 4.69) is 5.32 Å². The maximum absolute atomic E-state index is 13.6. The Balaban J connectivity index is 2.18. The van der Waals surface area contributed by atoms with Gasteiger partial charge in [-0.1, -0.05) is 41.4 Å². The van der Waals surface area contributed by atoms with Crippen LogP contribution in [0.3, 0.4) is 0 Å². The summed E-state index contributed by atoms with van der Waals surface area (Å²) in [6, 6.07) is 16.9. The Hall–Kier alpha value is -2.74. The molecular formula is C21H18Cl2N2O4S. The Morgan fingerprint density at radius 3 is 2.27 bits per heavy atom. The minimum absolute atomic E-state index is 0.0399. The van der Waals surface area contributed by atoms with Crippen LogP contribution in [0.4, 0.5) is 11.4 Å². The fourth-order valence-electron chi connectivity index (χ4n) is 2.88. The first-order chi connectivity index (χ1) is 14.2. The number of carboxylic acid groups (broad SMARTS) is 1. The van der Waals surface area contributed by atoms with E-state index in [0.29, 0.717) is 21.3 Å². The Morgan fingerprint density at radius 1 is 1.00 bits per heavy atom. The summed E-state index contributed by atoms with van der Waals surface area (Å²) in [5.74, 6) is -1.16. The largest absolute Gasteiger partial charge is 0.478 e. The van der Waals surface area contributed by atoms with Gasteiger partial charge in [-0.05, 0) is 48.5 Å². The van der Waals surface area contributed by atoms with Crippen LogP contribution in [0.5, 0.6) is 0 Å². The van der Waals surface area contributed by atoms with Crippen LogP contribution in [-0.2, 0) is 16.6 Å². The average Bonchev–Trinajstić information content (AvgIpc) is 2.73. The number of benzene rings is 3. The number of carbonyl (C=O) groups is 1. The minimum atomic E-state index is -4.08. The molecule has 0 saturated carbocycles. The first-order valence-electron chi connectivity index (χ1n) is 8.81. The molecule has 0 bridgehead atoms. The lowest BCUT2D eigenvalue weighted by molar-refractivity contribution is 0.0697. The molecule has 3 rings (SSSR count). The van der Waals surface area contributed by atoms with Crippen LogP contribution < -0.4 is 9.62 Å². The summed E-state index contributed by atoms with van der Waals surface area (Å²) < 4.78 is 28.2. The first kappa shape index (κ1) is 22.0. The second kappa shape index (κ2) is 8.95. The maximum Gasteiger partial charge on any atom is 0.335 e. The molecule has 156 valence electrons. The van der Waals surface area contributed by atoms with Gasteiger partial charge in [0.2, 0.25) is 0 Å². The SMILES string of the molecule is CNc1cccc(S(=O)(=O)N(Cc2c(Cl)cccc2Cl)c2cccc(C(=O)O)c2)c1. The van der Waals surface area contributed by atoms with Gasteiger partial charge in [-0.25, -0.2) is 13.2 Å². The number of anilines is 2. The van der Waals surface area contributed by atoms with E-state index in [1.54, 1.807) is 37.4 Å². The molecule has 0 heterocycles. The molecule has 0 atom stereocenters. The molecule has 0 aliphatic rings. The lowest BCUT2D eigenvalue weighted by Crippen LogP contribution is -2.31. The monoisotopic (exact) mass is 464 g/mol. The molecule has 0 aliphatic heterocycles. The molecule has 9 heteroatoms. The maximum atomic E-state index is 13.6. The van der Waals surface area contributed by atoms with Crippen molar-refractivity contribution in [3.8, 4) is 0 Å². The van der Waals surface area contributed by atoms with Gasteiger partial charge in [0, 0.05) is 28.3 Å². The van der Waals surface area contributed by atoms with Crippen molar-refractivity contribution in [2.45, 2.75) is 11.4 Å². The van der Waals surface area contributed by atoms with Crippen LogP contribution in [-0.4, -0.2) is 26.5 Å². The van der Waals surface area contributed by atoms with Gasteiger partial charge >= 0.3 is 5.97 Å². The predicted molar refractivity (Wildman–Crippen MR) is 119 cm³/mol. The Labute approximate surface area is 184 Å².